The SMILES string of the molecule is CC(C)C1COCC(CN(C)C)N1. The highest BCUT2D eigenvalue weighted by molar-refractivity contribution is 4.81. The van der Waals surface area contributed by atoms with E-state index in [0.717, 1.165) is 19.8 Å². The molecule has 0 saturated carbocycles. The van der Waals surface area contributed by atoms with Gasteiger partial charge in [0.2, 0.25) is 0 Å². The summed E-state index contributed by atoms with van der Waals surface area (Å²) in [5.41, 5.74) is 0. The van der Waals surface area contributed by atoms with Crippen LogP contribution in [0, 0.1) is 5.92 Å². The number of rotatable bonds is 3. The Bertz CT molecular complexity index is 148. The molecule has 2 atom stereocenters. The second kappa shape index (κ2) is 4.94. The Morgan fingerprint density at radius 1 is 1.38 bits per heavy atom. The van der Waals surface area contributed by atoms with Crippen molar-refractivity contribution in [3.8, 4) is 0 Å². The lowest BCUT2D eigenvalue weighted by Gasteiger charge is -2.34. The third-order valence-corrected chi connectivity index (χ3v) is 2.46. The van der Waals surface area contributed by atoms with Crippen LogP contribution in [0.5, 0.6) is 0 Å². The first kappa shape index (κ1) is 11.0. The zero-order valence-corrected chi connectivity index (χ0v) is 9.21. The summed E-state index contributed by atoms with van der Waals surface area (Å²) in [5.74, 6) is 0.657. The standard InChI is InChI=1S/C10H22N2O/c1-8(2)10-7-13-6-9(11-10)5-12(3)4/h8-11H,5-7H2,1-4H3. The van der Waals surface area contributed by atoms with Gasteiger partial charge in [0, 0.05) is 18.6 Å². The smallest absolute Gasteiger partial charge is 0.0633 e. The Morgan fingerprint density at radius 3 is 2.62 bits per heavy atom. The van der Waals surface area contributed by atoms with Crippen molar-refractivity contribution < 1.29 is 4.74 Å². The van der Waals surface area contributed by atoms with E-state index < -0.39 is 0 Å². The summed E-state index contributed by atoms with van der Waals surface area (Å²) in [5, 5.41) is 3.62. The first-order valence-electron chi connectivity index (χ1n) is 5.08. The number of hydrogen-bond acceptors (Lipinski definition) is 3. The molecular formula is C10H22N2O. The van der Waals surface area contributed by atoms with Crippen LogP contribution in [0.3, 0.4) is 0 Å². The second-order valence-electron chi connectivity index (χ2n) is 4.51. The van der Waals surface area contributed by atoms with Crippen molar-refractivity contribution in [2.75, 3.05) is 33.9 Å². The molecule has 1 heterocycles. The number of nitrogens with one attached hydrogen (secondary N) is 1. The fourth-order valence-corrected chi connectivity index (χ4v) is 1.67. The molecule has 1 aliphatic rings. The van der Waals surface area contributed by atoms with Gasteiger partial charge < -0.3 is 15.0 Å². The zero-order valence-electron chi connectivity index (χ0n) is 9.21. The molecule has 0 aromatic rings. The Morgan fingerprint density at radius 2 is 2.08 bits per heavy atom. The van der Waals surface area contributed by atoms with E-state index in [-0.39, 0.29) is 0 Å². The molecule has 1 N–H and O–H groups in total. The lowest BCUT2D eigenvalue weighted by atomic mass is 10.0. The van der Waals surface area contributed by atoms with Crippen LogP contribution < -0.4 is 5.32 Å². The molecule has 1 rings (SSSR count). The summed E-state index contributed by atoms with van der Waals surface area (Å²) < 4.78 is 5.57. The van der Waals surface area contributed by atoms with Crippen LogP contribution in [0.2, 0.25) is 0 Å². The van der Waals surface area contributed by atoms with E-state index in [0.29, 0.717) is 18.0 Å². The third kappa shape index (κ3) is 3.63. The quantitative estimate of drug-likeness (QED) is 0.697. The molecular weight excluding hydrogens is 164 g/mol. The van der Waals surface area contributed by atoms with Crippen LogP contribution in [-0.2, 0) is 4.74 Å². The van der Waals surface area contributed by atoms with Crippen molar-refractivity contribution in [3.05, 3.63) is 0 Å². The molecule has 1 saturated heterocycles. The first-order chi connectivity index (χ1) is 6.09. The summed E-state index contributed by atoms with van der Waals surface area (Å²) in [6, 6.07) is 1.02. The molecule has 3 nitrogen and oxygen atoms in total. The number of likely N-dealkylation sites (N-methyl/N-ethyl adjacent to an activating group) is 1. The highest BCUT2D eigenvalue weighted by Crippen LogP contribution is 2.08. The maximum absolute atomic E-state index is 5.57. The average Bonchev–Trinajstić information content (AvgIpc) is 2.03. The first-order valence-corrected chi connectivity index (χ1v) is 5.08. The molecule has 0 spiro atoms. The Balaban J connectivity index is 2.33. The molecule has 0 aromatic carbocycles. The molecule has 0 aliphatic carbocycles. The number of hydrogen-bond donors (Lipinski definition) is 1. The number of ether oxygens (including phenoxy) is 1. The van der Waals surface area contributed by atoms with Gasteiger partial charge in [-0.2, -0.15) is 0 Å². The van der Waals surface area contributed by atoms with Gasteiger partial charge in [0.05, 0.1) is 13.2 Å². The topological polar surface area (TPSA) is 24.5 Å². The number of morpholine rings is 1. The Labute approximate surface area is 81.4 Å². The van der Waals surface area contributed by atoms with Gasteiger partial charge in [0.15, 0.2) is 0 Å². The van der Waals surface area contributed by atoms with E-state index in [9.17, 15) is 0 Å². The molecule has 78 valence electrons. The van der Waals surface area contributed by atoms with Crippen molar-refractivity contribution in [1.82, 2.24) is 10.2 Å². The lowest BCUT2D eigenvalue weighted by molar-refractivity contribution is 0.0252. The molecule has 0 amide bonds. The second-order valence-corrected chi connectivity index (χ2v) is 4.51. The van der Waals surface area contributed by atoms with Crippen LogP contribution in [0.15, 0.2) is 0 Å². The van der Waals surface area contributed by atoms with E-state index >= 15 is 0 Å². The monoisotopic (exact) mass is 186 g/mol. The van der Waals surface area contributed by atoms with Gasteiger partial charge in [-0.15, -0.1) is 0 Å². The van der Waals surface area contributed by atoms with Crippen LogP contribution in [-0.4, -0.2) is 50.8 Å². The summed E-state index contributed by atoms with van der Waals surface area (Å²) in [6.45, 7) is 7.24. The molecule has 2 unspecified atom stereocenters. The minimum atomic E-state index is 0.496. The van der Waals surface area contributed by atoms with Gasteiger partial charge in [-0.25, -0.2) is 0 Å². The van der Waals surface area contributed by atoms with Crippen molar-refractivity contribution in [1.29, 1.82) is 0 Å². The molecule has 1 aliphatic heterocycles. The van der Waals surface area contributed by atoms with Gasteiger partial charge in [0.25, 0.3) is 0 Å². The normalized spacial score (nSPS) is 30.0. The molecule has 0 aromatic heterocycles. The fourth-order valence-electron chi connectivity index (χ4n) is 1.67. The van der Waals surface area contributed by atoms with E-state index in [1.165, 1.54) is 0 Å². The van der Waals surface area contributed by atoms with Gasteiger partial charge in [-0.1, -0.05) is 13.8 Å². The Hall–Kier alpha value is -0.120. The van der Waals surface area contributed by atoms with E-state index in [1.54, 1.807) is 0 Å². The minimum absolute atomic E-state index is 0.496. The van der Waals surface area contributed by atoms with Crippen molar-refractivity contribution in [2.45, 2.75) is 25.9 Å². The van der Waals surface area contributed by atoms with Gasteiger partial charge >= 0.3 is 0 Å². The third-order valence-electron chi connectivity index (χ3n) is 2.46. The molecule has 0 radical (unpaired) electrons. The summed E-state index contributed by atoms with van der Waals surface area (Å²) in [4.78, 5) is 2.20. The van der Waals surface area contributed by atoms with E-state index in [1.807, 2.05) is 0 Å². The van der Waals surface area contributed by atoms with E-state index in [2.05, 4.69) is 38.2 Å². The largest absolute Gasteiger partial charge is 0.378 e. The summed E-state index contributed by atoms with van der Waals surface area (Å²) >= 11 is 0. The highest BCUT2D eigenvalue weighted by Gasteiger charge is 2.23. The predicted octanol–water partition coefficient (Wildman–Crippen LogP) is 0.561. The van der Waals surface area contributed by atoms with Crippen LogP contribution in [0.1, 0.15) is 13.8 Å². The summed E-state index contributed by atoms with van der Waals surface area (Å²) in [6.07, 6.45) is 0. The van der Waals surface area contributed by atoms with E-state index in [4.69, 9.17) is 4.74 Å². The van der Waals surface area contributed by atoms with Crippen molar-refractivity contribution in [2.24, 2.45) is 5.92 Å². The van der Waals surface area contributed by atoms with Crippen LogP contribution in [0.25, 0.3) is 0 Å². The average molecular weight is 186 g/mol. The van der Waals surface area contributed by atoms with Crippen LogP contribution >= 0.6 is 0 Å². The zero-order chi connectivity index (χ0) is 9.84. The minimum Gasteiger partial charge on any atom is -0.378 e. The molecule has 3 heteroatoms. The summed E-state index contributed by atoms with van der Waals surface area (Å²) in [7, 11) is 4.20. The number of nitrogens with zero attached hydrogens (tertiary/aromatic N) is 1. The van der Waals surface area contributed by atoms with Crippen LogP contribution in [0.4, 0.5) is 0 Å². The van der Waals surface area contributed by atoms with Crippen molar-refractivity contribution >= 4 is 0 Å². The predicted molar refractivity (Wildman–Crippen MR) is 54.9 cm³/mol. The molecule has 0 bridgehead atoms. The fraction of sp³-hybridized carbons (Fsp3) is 1.00. The maximum Gasteiger partial charge on any atom is 0.0633 e. The highest BCUT2D eigenvalue weighted by atomic mass is 16.5. The van der Waals surface area contributed by atoms with Crippen molar-refractivity contribution in [3.63, 3.8) is 0 Å². The lowest BCUT2D eigenvalue weighted by Crippen LogP contribution is -2.54. The molecule has 13 heavy (non-hydrogen) atoms. The van der Waals surface area contributed by atoms with Gasteiger partial charge in [-0.3, -0.25) is 0 Å². The molecule has 1 fully saturated rings. The Kier molecular flexibility index (Phi) is 4.16. The maximum atomic E-state index is 5.57. The van der Waals surface area contributed by atoms with Gasteiger partial charge in [-0.05, 0) is 20.0 Å². The van der Waals surface area contributed by atoms with Gasteiger partial charge in [0.1, 0.15) is 0 Å².